The van der Waals surface area contributed by atoms with E-state index in [-0.39, 0.29) is 5.41 Å². The van der Waals surface area contributed by atoms with Crippen LogP contribution in [0.4, 0.5) is 0 Å². The Morgan fingerprint density at radius 1 is 0.952 bits per heavy atom. The molecule has 2 aliphatic heterocycles. The molecule has 0 radical (unpaired) electrons. The summed E-state index contributed by atoms with van der Waals surface area (Å²) >= 11 is 0. The van der Waals surface area contributed by atoms with Crippen molar-refractivity contribution in [2.45, 2.75) is 39.4 Å². The fourth-order valence-electron chi connectivity index (χ4n) is 2.08. The van der Waals surface area contributed by atoms with Crippen LogP contribution in [0.3, 0.4) is 0 Å². The molecule has 2 heterocycles. The Kier molecular flexibility index (Phi) is 6.89. The highest BCUT2D eigenvalue weighted by molar-refractivity contribution is 4.80. The normalized spacial score (nSPS) is 26.9. The predicted octanol–water partition coefficient (Wildman–Crippen LogP) is 1.89. The molecule has 5 nitrogen and oxygen atoms in total. The lowest BCUT2D eigenvalue weighted by Gasteiger charge is -2.32. The predicted molar refractivity (Wildman–Crippen MR) is 79.5 cm³/mol. The number of epoxide rings is 2. The van der Waals surface area contributed by atoms with Gasteiger partial charge in [0.2, 0.25) is 0 Å². The van der Waals surface area contributed by atoms with E-state index in [0.717, 1.165) is 26.2 Å². The first-order valence-corrected chi connectivity index (χ1v) is 8.10. The van der Waals surface area contributed by atoms with Gasteiger partial charge in [-0.2, -0.15) is 0 Å². The number of hydrogen-bond acceptors (Lipinski definition) is 5. The van der Waals surface area contributed by atoms with E-state index in [1.165, 1.54) is 0 Å². The smallest absolute Gasteiger partial charge is 0.104 e. The summed E-state index contributed by atoms with van der Waals surface area (Å²) in [5.41, 5.74) is -0.0708. The van der Waals surface area contributed by atoms with Gasteiger partial charge in [-0.25, -0.2) is 0 Å². The van der Waals surface area contributed by atoms with Crippen LogP contribution in [0.1, 0.15) is 27.2 Å². The minimum atomic E-state index is -0.0708. The Labute approximate surface area is 128 Å². The van der Waals surface area contributed by atoms with Crippen molar-refractivity contribution in [3.63, 3.8) is 0 Å². The van der Waals surface area contributed by atoms with E-state index >= 15 is 0 Å². The molecule has 2 rings (SSSR count). The third-order valence-corrected chi connectivity index (χ3v) is 3.84. The molecule has 0 N–H and O–H groups in total. The minimum absolute atomic E-state index is 0.0708. The van der Waals surface area contributed by atoms with Crippen LogP contribution in [0.5, 0.6) is 0 Å². The maximum Gasteiger partial charge on any atom is 0.104 e. The van der Waals surface area contributed by atoms with Gasteiger partial charge in [-0.3, -0.25) is 0 Å². The number of hydrogen-bond donors (Lipinski definition) is 0. The quantitative estimate of drug-likeness (QED) is 0.486. The van der Waals surface area contributed by atoms with Crippen LogP contribution in [0, 0.1) is 11.3 Å². The molecule has 2 saturated heterocycles. The zero-order valence-electron chi connectivity index (χ0n) is 13.6. The van der Waals surface area contributed by atoms with E-state index in [0.29, 0.717) is 51.2 Å². The van der Waals surface area contributed by atoms with Crippen LogP contribution in [-0.2, 0) is 23.7 Å². The van der Waals surface area contributed by atoms with Gasteiger partial charge in [-0.15, -0.1) is 0 Å². The molecule has 0 aliphatic carbocycles. The summed E-state index contributed by atoms with van der Waals surface area (Å²) in [6.07, 6.45) is 1.58. The molecule has 0 saturated carbocycles. The third-order valence-electron chi connectivity index (χ3n) is 3.84. The van der Waals surface area contributed by atoms with E-state index in [1.54, 1.807) is 0 Å². The lowest BCUT2D eigenvalue weighted by Crippen LogP contribution is -2.38. The molecule has 2 atom stereocenters. The molecule has 2 aliphatic rings. The van der Waals surface area contributed by atoms with Crippen molar-refractivity contribution < 1.29 is 23.7 Å². The van der Waals surface area contributed by atoms with Gasteiger partial charge in [0.15, 0.2) is 0 Å². The van der Waals surface area contributed by atoms with Crippen LogP contribution >= 0.6 is 0 Å². The summed E-state index contributed by atoms with van der Waals surface area (Å²) in [4.78, 5) is 0. The summed E-state index contributed by atoms with van der Waals surface area (Å²) in [6.45, 7) is 12.3. The van der Waals surface area contributed by atoms with Crippen molar-refractivity contribution in [2.24, 2.45) is 11.3 Å². The SMILES string of the molecule is CCC(COCC(C)C)(COCC1CO1)COCC1CO1. The Morgan fingerprint density at radius 2 is 1.43 bits per heavy atom. The Bertz CT molecular complexity index is 255. The summed E-state index contributed by atoms with van der Waals surface area (Å²) in [6, 6.07) is 0. The maximum atomic E-state index is 5.88. The second kappa shape index (κ2) is 8.44. The highest BCUT2D eigenvalue weighted by Gasteiger charge is 2.33. The Morgan fingerprint density at radius 3 is 1.81 bits per heavy atom. The molecule has 5 heteroatoms. The van der Waals surface area contributed by atoms with Gasteiger partial charge < -0.3 is 23.7 Å². The zero-order chi connectivity index (χ0) is 15.1. The summed E-state index contributed by atoms with van der Waals surface area (Å²) in [7, 11) is 0. The number of ether oxygens (including phenoxy) is 5. The van der Waals surface area contributed by atoms with Crippen LogP contribution < -0.4 is 0 Å². The standard InChI is InChI=1S/C16H30O5/c1-4-16(10-17-5-13(2)3,11-18-6-14-8-20-14)12-19-7-15-9-21-15/h13-15H,4-12H2,1-3H3. The largest absolute Gasteiger partial charge is 0.380 e. The van der Waals surface area contributed by atoms with Gasteiger partial charge >= 0.3 is 0 Å². The van der Waals surface area contributed by atoms with Crippen LogP contribution in [0.2, 0.25) is 0 Å². The Hall–Kier alpha value is -0.200. The molecule has 2 unspecified atom stereocenters. The molecule has 0 aromatic heterocycles. The maximum absolute atomic E-state index is 5.88. The second-order valence-electron chi connectivity index (χ2n) is 6.70. The van der Waals surface area contributed by atoms with Crippen LogP contribution in [-0.4, -0.2) is 65.1 Å². The van der Waals surface area contributed by atoms with Crippen molar-refractivity contribution in [3.8, 4) is 0 Å². The topological polar surface area (TPSA) is 52.8 Å². The minimum Gasteiger partial charge on any atom is -0.380 e. The summed E-state index contributed by atoms with van der Waals surface area (Å²) < 4.78 is 27.9. The van der Waals surface area contributed by atoms with Crippen molar-refractivity contribution in [1.82, 2.24) is 0 Å². The molecule has 0 amide bonds. The van der Waals surface area contributed by atoms with Gasteiger partial charge in [-0.1, -0.05) is 20.8 Å². The van der Waals surface area contributed by atoms with Crippen molar-refractivity contribution in [3.05, 3.63) is 0 Å². The first-order valence-electron chi connectivity index (χ1n) is 8.10. The average molecular weight is 302 g/mol. The van der Waals surface area contributed by atoms with Gasteiger partial charge in [0.25, 0.3) is 0 Å². The molecule has 2 fully saturated rings. The molecular weight excluding hydrogens is 272 g/mol. The Balaban J connectivity index is 1.74. The number of rotatable bonds is 13. The van der Waals surface area contributed by atoms with Gasteiger partial charge in [-0.05, 0) is 12.3 Å². The fraction of sp³-hybridized carbons (Fsp3) is 1.00. The lowest BCUT2D eigenvalue weighted by atomic mass is 9.88. The highest BCUT2D eigenvalue weighted by atomic mass is 16.6. The average Bonchev–Trinajstić information content (AvgIpc) is 3.32. The lowest BCUT2D eigenvalue weighted by molar-refractivity contribution is -0.0779. The van der Waals surface area contributed by atoms with E-state index in [1.807, 2.05) is 0 Å². The molecule has 0 bridgehead atoms. The first-order chi connectivity index (χ1) is 10.1. The zero-order valence-corrected chi connectivity index (χ0v) is 13.6. The fourth-order valence-corrected chi connectivity index (χ4v) is 2.08. The van der Waals surface area contributed by atoms with Crippen molar-refractivity contribution in [1.29, 1.82) is 0 Å². The summed E-state index contributed by atoms with van der Waals surface area (Å²) in [5, 5.41) is 0. The van der Waals surface area contributed by atoms with Gasteiger partial charge in [0, 0.05) is 12.0 Å². The summed E-state index contributed by atoms with van der Waals surface area (Å²) in [5.74, 6) is 0.543. The van der Waals surface area contributed by atoms with E-state index in [2.05, 4.69) is 20.8 Å². The molecule has 21 heavy (non-hydrogen) atoms. The van der Waals surface area contributed by atoms with E-state index < -0.39 is 0 Å². The van der Waals surface area contributed by atoms with Gasteiger partial charge in [0.1, 0.15) is 12.2 Å². The van der Waals surface area contributed by atoms with E-state index in [9.17, 15) is 0 Å². The van der Waals surface area contributed by atoms with Gasteiger partial charge in [0.05, 0.1) is 46.2 Å². The molecular formula is C16H30O5. The van der Waals surface area contributed by atoms with Crippen LogP contribution in [0.15, 0.2) is 0 Å². The highest BCUT2D eigenvalue weighted by Crippen LogP contribution is 2.26. The van der Waals surface area contributed by atoms with Crippen molar-refractivity contribution in [2.75, 3.05) is 52.9 Å². The van der Waals surface area contributed by atoms with Crippen LogP contribution in [0.25, 0.3) is 0 Å². The molecule has 0 aromatic carbocycles. The van der Waals surface area contributed by atoms with Crippen molar-refractivity contribution >= 4 is 0 Å². The molecule has 124 valence electrons. The van der Waals surface area contributed by atoms with E-state index in [4.69, 9.17) is 23.7 Å². The first kappa shape index (κ1) is 17.2. The molecule has 0 spiro atoms. The third kappa shape index (κ3) is 7.06. The second-order valence-corrected chi connectivity index (χ2v) is 6.70. The molecule has 0 aromatic rings. The monoisotopic (exact) mass is 302 g/mol.